The molecule has 0 atom stereocenters. The average molecular weight is 303 g/mol. The molecule has 0 saturated carbocycles. The number of rotatable bonds is 6. The quantitative estimate of drug-likeness (QED) is 0.640. The second-order valence-corrected chi connectivity index (χ2v) is 6.36. The highest BCUT2D eigenvalue weighted by molar-refractivity contribution is 9.10. The molecule has 1 rings (SSSR count). The highest BCUT2D eigenvalue weighted by Crippen LogP contribution is 2.17. The van der Waals surface area contributed by atoms with E-state index in [1.807, 2.05) is 18.3 Å². The number of thioether (sulfide) groups is 1. The molecule has 4 heteroatoms. The van der Waals surface area contributed by atoms with Gasteiger partial charge in [0.15, 0.2) is 0 Å². The number of hydrogen-bond acceptors (Lipinski definition) is 3. The van der Waals surface area contributed by atoms with Crippen molar-refractivity contribution in [2.45, 2.75) is 37.8 Å². The summed E-state index contributed by atoms with van der Waals surface area (Å²) in [5.41, 5.74) is 0.244. The topological polar surface area (TPSA) is 24.9 Å². The van der Waals surface area contributed by atoms with Gasteiger partial charge in [-0.15, -0.1) is 11.8 Å². The smallest absolute Gasteiger partial charge is 0.0961 e. The van der Waals surface area contributed by atoms with Gasteiger partial charge in [0.05, 0.1) is 5.03 Å². The van der Waals surface area contributed by atoms with Gasteiger partial charge in [0.2, 0.25) is 0 Å². The third-order valence-corrected chi connectivity index (χ3v) is 3.95. The fourth-order valence-corrected chi connectivity index (χ4v) is 2.06. The molecule has 0 radical (unpaired) electrons. The van der Waals surface area contributed by atoms with Gasteiger partial charge in [0.25, 0.3) is 0 Å². The van der Waals surface area contributed by atoms with E-state index in [-0.39, 0.29) is 5.54 Å². The number of pyridine rings is 1. The Kier molecular flexibility index (Phi) is 5.79. The molecule has 16 heavy (non-hydrogen) atoms. The second kappa shape index (κ2) is 6.62. The van der Waals surface area contributed by atoms with Crippen LogP contribution in [0, 0.1) is 0 Å². The molecule has 2 nitrogen and oxygen atoms in total. The fraction of sp³-hybridized carbons (Fsp3) is 0.583. The summed E-state index contributed by atoms with van der Waals surface area (Å²) in [6.45, 7) is 7.69. The van der Waals surface area contributed by atoms with Crippen LogP contribution in [0.4, 0.5) is 0 Å². The van der Waals surface area contributed by atoms with Crippen LogP contribution in [0.15, 0.2) is 27.8 Å². The number of aromatic nitrogens is 1. The van der Waals surface area contributed by atoms with Crippen molar-refractivity contribution >= 4 is 27.7 Å². The van der Waals surface area contributed by atoms with Crippen LogP contribution in [-0.2, 0) is 0 Å². The van der Waals surface area contributed by atoms with Crippen LogP contribution >= 0.6 is 27.7 Å². The summed E-state index contributed by atoms with van der Waals surface area (Å²) in [7, 11) is 0. The van der Waals surface area contributed by atoms with Crippen molar-refractivity contribution in [2.24, 2.45) is 0 Å². The van der Waals surface area contributed by atoms with Crippen LogP contribution < -0.4 is 5.32 Å². The maximum atomic E-state index is 4.32. The Morgan fingerprint density at radius 1 is 1.44 bits per heavy atom. The predicted molar refractivity (Wildman–Crippen MR) is 75.0 cm³/mol. The van der Waals surface area contributed by atoms with E-state index < -0.39 is 0 Å². The number of nitrogens with one attached hydrogen (secondary N) is 1. The van der Waals surface area contributed by atoms with Crippen molar-refractivity contribution in [1.29, 1.82) is 0 Å². The lowest BCUT2D eigenvalue weighted by atomic mass is 10.0. The van der Waals surface area contributed by atoms with E-state index in [2.05, 4.69) is 47.0 Å². The second-order valence-electron chi connectivity index (χ2n) is 4.33. The molecule has 0 aliphatic carbocycles. The maximum absolute atomic E-state index is 4.32. The molecular weight excluding hydrogens is 284 g/mol. The minimum Gasteiger partial charge on any atom is -0.311 e. The number of hydrogen-bond donors (Lipinski definition) is 1. The van der Waals surface area contributed by atoms with Gasteiger partial charge in [0.1, 0.15) is 0 Å². The summed E-state index contributed by atoms with van der Waals surface area (Å²) in [6.07, 6.45) is 2.99. The first-order valence-electron chi connectivity index (χ1n) is 5.53. The lowest BCUT2D eigenvalue weighted by Gasteiger charge is -2.24. The Labute approximate surface area is 111 Å². The molecule has 90 valence electrons. The van der Waals surface area contributed by atoms with Crippen molar-refractivity contribution in [3.05, 3.63) is 22.8 Å². The number of nitrogens with zero attached hydrogens (tertiary/aromatic N) is 1. The van der Waals surface area contributed by atoms with Crippen LogP contribution in [0.1, 0.15) is 27.2 Å². The van der Waals surface area contributed by atoms with Gasteiger partial charge in [-0.05, 0) is 48.3 Å². The zero-order chi connectivity index (χ0) is 12.0. The molecule has 0 unspecified atom stereocenters. The normalized spacial score (nSPS) is 11.8. The van der Waals surface area contributed by atoms with Gasteiger partial charge >= 0.3 is 0 Å². The van der Waals surface area contributed by atoms with Crippen LogP contribution in [0.25, 0.3) is 0 Å². The van der Waals surface area contributed by atoms with Gasteiger partial charge in [-0.2, -0.15) is 0 Å². The summed E-state index contributed by atoms with van der Waals surface area (Å²) >= 11 is 5.16. The maximum Gasteiger partial charge on any atom is 0.0961 e. The van der Waals surface area contributed by atoms with E-state index >= 15 is 0 Å². The molecule has 0 aliphatic heterocycles. The molecular formula is C12H19BrN2S. The largest absolute Gasteiger partial charge is 0.311 e. The molecule has 0 fully saturated rings. The van der Waals surface area contributed by atoms with Gasteiger partial charge in [-0.1, -0.05) is 6.92 Å². The zero-order valence-electron chi connectivity index (χ0n) is 10.1. The van der Waals surface area contributed by atoms with E-state index in [1.165, 1.54) is 0 Å². The average Bonchev–Trinajstić information content (AvgIpc) is 2.27. The summed E-state index contributed by atoms with van der Waals surface area (Å²) < 4.78 is 1.03. The Morgan fingerprint density at radius 3 is 2.75 bits per heavy atom. The van der Waals surface area contributed by atoms with Crippen LogP contribution in [0.2, 0.25) is 0 Å². The first-order chi connectivity index (χ1) is 7.53. The molecule has 0 aromatic carbocycles. The van der Waals surface area contributed by atoms with E-state index in [1.54, 1.807) is 11.8 Å². The predicted octanol–water partition coefficient (Wildman–Crippen LogP) is 3.71. The van der Waals surface area contributed by atoms with Gasteiger partial charge < -0.3 is 5.32 Å². The Balaban J connectivity index is 2.23. The summed E-state index contributed by atoms with van der Waals surface area (Å²) in [5, 5.41) is 4.62. The third-order valence-electron chi connectivity index (χ3n) is 2.54. The lowest BCUT2D eigenvalue weighted by Crippen LogP contribution is -2.39. The van der Waals surface area contributed by atoms with Crippen molar-refractivity contribution in [2.75, 3.05) is 12.3 Å². The molecule has 0 saturated heterocycles. The van der Waals surface area contributed by atoms with Crippen molar-refractivity contribution in [1.82, 2.24) is 10.3 Å². The lowest BCUT2D eigenvalue weighted by molar-refractivity contribution is 0.388. The molecule has 0 spiro atoms. The fourth-order valence-electron chi connectivity index (χ4n) is 1.12. The van der Waals surface area contributed by atoms with E-state index in [9.17, 15) is 0 Å². The highest BCUT2D eigenvalue weighted by Gasteiger charge is 2.12. The van der Waals surface area contributed by atoms with E-state index in [0.717, 1.165) is 28.2 Å². The summed E-state index contributed by atoms with van der Waals surface area (Å²) in [5.74, 6) is 1.05. The molecule has 0 bridgehead atoms. The molecule has 1 aromatic rings. The van der Waals surface area contributed by atoms with Crippen LogP contribution in [0.5, 0.6) is 0 Å². The standard InChI is InChI=1S/C12H19BrN2S/c1-4-12(2,3)15-7-8-16-11-6-5-10(13)9-14-11/h5-6,9,15H,4,7-8H2,1-3H3. The first kappa shape index (κ1) is 14.0. The molecule has 0 aliphatic rings. The minimum atomic E-state index is 0.244. The molecule has 1 aromatic heterocycles. The Hall–Kier alpha value is -0.0600. The van der Waals surface area contributed by atoms with E-state index in [0.29, 0.717) is 0 Å². The molecule has 1 N–H and O–H groups in total. The summed E-state index contributed by atoms with van der Waals surface area (Å²) in [4.78, 5) is 4.32. The Morgan fingerprint density at radius 2 is 2.19 bits per heavy atom. The van der Waals surface area contributed by atoms with Crippen LogP contribution in [0.3, 0.4) is 0 Å². The van der Waals surface area contributed by atoms with Crippen molar-refractivity contribution < 1.29 is 0 Å². The minimum absolute atomic E-state index is 0.244. The van der Waals surface area contributed by atoms with Gasteiger partial charge in [0, 0.05) is 28.5 Å². The monoisotopic (exact) mass is 302 g/mol. The summed E-state index contributed by atoms with van der Waals surface area (Å²) in [6, 6.07) is 4.07. The van der Waals surface area contributed by atoms with Crippen molar-refractivity contribution in [3.63, 3.8) is 0 Å². The van der Waals surface area contributed by atoms with Crippen molar-refractivity contribution in [3.8, 4) is 0 Å². The highest BCUT2D eigenvalue weighted by atomic mass is 79.9. The van der Waals surface area contributed by atoms with Crippen LogP contribution in [-0.4, -0.2) is 22.8 Å². The van der Waals surface area contributed by atoms with Gasteiger partial charge in [-0.3, -0.25) is 0 Å². The SMILES string of the molecule is CCC(C)(C)NCCSc1ccc(Br)cn1. The third kappa shape index (κ3) is 5.32. The molecule has 1 heterocycles. The van der Waals surface area contributed by atoms with Gasteiger partial charge in [-0.25, -0.2) is 4.98 Å². The Bertz CT molecular complexity index is 311. The zero-order valence-corrected chi connectivity index (χ0v) is 12.5. The number of halogens is 1. The van der Waals surface area contributed by atoms with E-state index in [4.69, 9.17) is 0 Å². The molecule has 0 amide bonds. The first-order valence-corrected chi connectivity index (χ1v) is 7.31.